The Balaban J connectivity index is 4.46. The van der Waals surface area contributed by atoms with Crippen molar-refractivity contribution in [2.45, 2.75) is 0 Å². The summed E-state index contributed by atoms with van der Waals surface area (Å²) in [6.07, 6.45) is 0.461. The van der Waals surface area contributed by atoms with Crippen LogP contribution in [0.3, 0.4) is 0 Å². The van der Waals surface area contributed by atoms with Gasteiger partial charge in [0.05, 0.1) is 6.26 Å². The maximum atomic E-state index is 9.85. The van der Waals surface area contributed by atoms with Gasteiger partial charge in [0.2, 0.25) is 0 Å². The minimum atomic E-state index is -5.12. The van der Waals surface area contributed by atoms with Crippen molar-refractivity contribution in [3.63, 3.8) is 0 Å². The van der Waals surface area contributed by atoms with Gasteiger partial charge < -0.3 is 0 Å². The van der Waals surface area contributed by atoms with Crippen molar-refractivity contribution in [3.05, 3.63) is 0 Å². The summed E-state index contributed by atoms with van der Waals surface area (Å²) in [4.78, 5) is 0. The Morgan fingerprint density at radius 2 is 1.44 bits per heavy atom. The van der Waals surface area contributed by atoms with Gasteiger partial charge in [-0.05, 0) is 0 Å². The zero-order valence-electron chi connectivity index (χ0n) is 4.27. The van der Waals surface area contributed by atoms with Gasteiger partial charge in [0.15, 0.2) is 0 Å². The highest BCUT2D eigenvalue weighted by Crippen LogP contribution is 1.93. The Kier molecular flexibility index (Phi) is 2.17. The maximum Gasteiger partial charge on any atom is 0.442 e. The van der Waals surface area contributed by atoms with Crippen molar-refractivity contribution in [2.24, 2.45) is 0 Å². The second kappa shape index (κ2) is 2.21. The van der Waals surface area contributed by atoms with Crippen molar-refractivity contribution in [3.8, 4) is 0 Å². The van der Waals surface area contributed by atoms with E-state index < -0.39 is 20.5 Å². The number of hydrogen-bond acceptors (Lipinski definition) is 5. The van der Waals surface area contributed by atoms with Crippen LogP contribution in [-0.2, 0) is 28.7 Å². The van der Waals surface area contributed by atoms with Crippen LogP contribution >= 0.6 is 0 Å². The lowest BCUT2D eigenvalue weighted by Crippen LogP contribution is -2.08. The molecule has 0 N–H and O–H groups in total. The van der Waals surface area contributed by atoms with E-state index in [1.54, 1.807) is 0 Å². The maximum absolute atomic E-state index is 9.85. The molecule has 0 aliphatic heterocycles. The van der Waals surface area contributed by atoms with E-state index in [9.17, 15) is 21.4 Å². The average Bonchev–Trinajstić information content (AvgIpc) is 1.14. The highest BCUT2D eigenvalue weighted by Gasteiger charge is 2.15. The molecular formula is CH3O6S2. The molecule has 0 bridgehead atoms. The monoisotopic (exact) mass is 175 g/mol. The van der Waals surface area contributed by atoms with Gasteiger partial charge in [-0.3, -0.25) is 0 Å². The third kappa shape index (κ3) is 7.82. The molecular weight excluding hydrogens is 172 g/mol. The van der Waals surface area contributed by atoms with Crippen molar-refractivity contribution in [1.82, 2.24) is 0 Å². The van der Waals surface area contributed by atoms with Crippen LogP contribution in [0.5, 0.6) is 0 Å². The summed E-state index contributed by atoms with van der Waals surface area (Å²) in [5.41, 5.74) is 0. The molecule has 0 unspecified atom stereocenters. The van der Waals surface area contributed by atoms with Crippen LogP contribution in [-0.4, -0.2) is 23.1 Å². The molecule has 0 saturated heterocycles. The highest BCUT2D eigenvalue weighted by molar-refractivity contribution is 7.96. The summed E-state index contributed by atoms with van der Waals surface area (Å²) in [7, 11) is -9.30. The molecule has 9 heavy (non-hydrogen) atoms. The normalized spacial score (nSPS) is 13.6. The first-order chi connectivity index (χ1) is 3.71. The fourth-order valence-corrected chi connectivity index (χ4v) is 1.36. The lowest BCUT2D eigenvalue weighted by molar-refractivity contribution is 0.339. The lowest BCUT2D eigenvalue weighted by Gasteiger charge is -1.89. The molecule has 55 valence electrons. The zero-order chi connectivity index (χ0) is 7.71. The Labute approximate surface area is 52.5 Å². The fourth-order valence-electron chi connectivity index (χ4n) is 0.151. The minimum absolute atomic E-state index is 0.461. The van der Waals surface area contributed by atoms with Crippen molar-refractivity contribution in [2.75, 3.05) is 6.26 Å². The first kappa shape index (κ1) is 8.82. The van der Waals surface area contributed by atoms with Gasteiger partial charge in [-0.2, -0.15) is 16.8 Å². The standard InChI is InChI=1S/CH3O6S2/c1-8(2,3)7-9(4,5)6/h1H3. The van der Waals surface area contributed by atoms with Crippen LogP contribution < -0.4 is 0 Å². The Hall–Kier alpha value is -0.180. The van der Waals surface area contributed by atoms with Gasteiger partial charge >= 0.3 is 10.4 Å². The van der Waals surface area contributed by atoms with Crippen molar-refractivity contribution in [1.29, 1.82) is 0 Å². The molecule has 1 radical (unpaired) electrons. The van der Waals surface area contributed by atoms with Gasteiger partial charge in [0.25, 0.3) is 10.1 Å². The van der Waals surface area contributed by atoms with Crippen LogP contribution in [0.2, 0.25) is 0 Å². The molecule has 6 nitrogen and oxygen atoms in total. The van der Waals surface area contributed by atoms with Crippen LogP contribution in [0.25, 0.3) is 0 Å². The number of rotatable bonds is 2. The third-order valence-corrected chi connectivity index (χ3v) is 1.86. The first-order valence-electron chi connectivity index (χ1n) is 1.57. The molecule has 0 aromatic carbocycles. The topological polar surface area (TPSA) is 97.4 Å². The molecule has 0 aliphatic rings. The Bertz CT molecular complexity index is 236. The molecule has 0 saturated carbocycles. The second-order valence-corrected chi connectivity index (χ2v) is 3.95. The molecule has 0 rings (SSSR count). The molecule has 0 atom stereocenters. The molecule has 0 fully saturated rings. The summed E-state index contributed by atoms with van der Waals surface area (Å²) in [6.45, 7) is 0. The average molecular weight is 175 g/mol. The van der Waals surface area contributed by atoms with Crippen LogP contribution in [0.1, 0.15) is 0 Å². The second-order valence-electron chi connectivity index (χ2n) is 1.18. The number of hydrogen-bond donors (Lipinski definition) is 0. The van der Waals surface area contributed by atoms with Gasteiger partial charge in [-0.15, -0.1) is 3.63 Å². The van der Waals surface area contributed by atoms with Crippen molar-refractivity contribution >= 4 is 20.5 Å². The molecule has 0 aromatic heterocycles. The largest absolute Gasteiger partial charge is 0.442 e. The SMILES string of the molecule is CS(=O)(=O)OS([O])(=O)=O. The third-order valence-electron chi connectivity index (χ3n) is 0.207. The molecule has 0 spiro atoms. The smallest absolute Gasteiger partial charge is 0.199 e. The van der Waals surface area contributed by atoms with E-state index in [0.717, 1.165) is 0 Å². The van der Waals surface area contributed by atoms with E-state index in [4.69, 9.17) is 0 Å². The van der Waals surface area contributed by atoms with E-state index in [1.165, 1.54) is 0 Å². The van der Waals surface area contributed by atoms with E-state index >= 15 is 0 Å². The quantitative estimate of drug-likeness (QED) is 0.516. The Morgan fingerprint density at radius 3 is 1.44 bits per heavy atom. The molecule has 0 heterocycles. The fraction of sp³-hybridized carbons (Fsp3) is 1.00. The van der Waals surface area contributed by atoms with Gasteiger partial charge in [-0.25, -0.2) is 0 Å². The van der Waals surface area contributed by atoms with Crippen LogP contribution in [0, 0.1) is 0 Å². The van der Waals surface area contributed by atoms with Crippen LogP contribution in [0.4, 0.5) is 0 Å². The zero-order valence-corrected chi connectivity index (χ0v) is 5.90. The predicted molar refractivity (Wildman–Crippen MR) is 25.5 cm³/mol. The van der Waals surface area contributed by atoms with E-state index in [1.807, 2.05) is 0 Å². The van der Waals surface area contributed by atoms with E-state index in [0.29, 0.717) is 6.26 Å². The molecule has 0 aromatic rings. The molecule has 8 heteroatoms. The first-order valence-corrected chi connectivity index (χ1v) is 4.72. The van der Waals surface area contributed by atoms with Crippen LogP contribution in [0.15, 0.2) is 0 Å². The van der Waals surface area contributed by atoms with Gasteiger partial charge in [-0.1, -0.05) is 4.55 Å². The predicted octanol–water partition coefficient (Wildman–Crippen LogP) is -1.36. The van der Waals surface area contributed by atoms with E-state index in [-0.39, 0.29) is 0 Å². The minimum Gasteiger partial charge on any atom is -0.199 e. The van der Waals surface area contributed by atoms with Gasteiger partial charge in [0, 0.05) is 0 Å². The molecule has 0 amide bonds. The summed E-state index contributed by atoms with van der Waals surface area (Å²) in [6, 6.07) is 0. The summed E-state index contributed by atoms with van der Waals surface area (Å²) >= 11 is 0. The highest BCUT2D eigenvalue weighted by atomic mass is 32.3. The van der Waals surface area contributed by atoms with Crippen molar-refractivity contribution < 1.29 is 25.0 Å². The van der Waals surface area contributed by atoms with E-state index in [2.05, 4.69) is 3.63 Å². The summed E-state index contributed by atoms with van der Waals surface area (Å²) in [5.74, 6) is 0. The lowest BCUT2D eigenvalue weighted by atomic mass is 12.0. The molecule has 0 aliphatic carbocycles. The summed E-state index contributed by atoms with van der Waals surface area (Å²) < 4.78 is 51.2. The Morgan fingerprint density at radius 1 is 1.11 bits per heavy atom. The van der Waals surface area contributed by atoms with Gasteiger partial charge in [0.1, 0.15) is 0 Å². The summed E-state index contributed by atoms with van der Waals surface area (Å²) in [5, 5.41) is 0.